The fourth-order valence-corrected chi connectivity index (χ4v) is 14.3. The molecule has 67 heavy (non-hydrogen) atoms. The van der Waals surface area contributed by atoms with Gasteiger partial charge in [0.15, 0.2) is 0 Å². The van der Waals surface area contributed by atoms with Crippen molar-refractivity contribution < 1.29 is 71.2 Å². The predicted molar refractivity (Wildman–Crippen MR) is 238 cm³/mol. The number of rotatable bonds is 4. The monoisotopic (exact) mass is 936 g/mol. The minimum atomic E-state index is -0.920. The highest BCUT2D eigenvalue weighted by atomic mass is 16.7. The first-order valence-electron chi connectivity index (χ1n) is 25.3. The first-order valence-corrected chi connectivity index (χ1v) is 25.3. The van der Waals surface area contributed by atoms with Crippen molar-refractivity contribution in [3.8, 4) is 0 Å². The van der Waals surface area contributed by atoms with Gasteiger partial charge in [-0.05, 0) is 84.3 Å². The van der Waals surface area contributed by atoms with Gasteiger partial charge in [-0.2, -0.15) is 0 Å². The van der Waals surface area contributed by atoms with Crippen LogP contribution in [0.15, 0.2) is 36.0 Å². The number of carbonyl (C=O) groups excluding carboxylic acids is 3. The standard InChI is InChI=1S/C52H72O15/c1-26(25-53)15-30-18-42(56-29(4)54)52(9)43(57-30)20-35-36(64-52)19-34-31(58-35)11-10-13-48(5)44(61-34)24-51(8)41(65-48)22-40-49(6,67-51)14-12-32-46(63-40)27(2)16-33-38(59-32)23-50(7)39(60-33)21-37-47(66-50)28(3)17-45(55)62-37/h10-11,17,25,27,30-44,46-47H,1,12-16,18-24H2,2-9H3/b11-10-/t27-,30-,31-,32+,33+,34+,35+,36-,37+,38-,39-,40+,41-,42+,43-,44-,46-,47-,48+,49-,50+,51+,52+/m1/s1. The molecule has 11 heterocycles. The van der Waals surface area contributed by atoms with Crippen molar-refractivity contribution in [2.75, 3.05) is 0 Å². The van der Waals surface area contributed by atoms with E-state index < -0.39 is 46.2 Å². The minimum Gasteiger partial charge on any atom is -0.459 e. The summed E-state index contributed by atoms with van der Waals surface area (Å²) >= 11 is 0. The van der Waals surface area contributed by atoms with Crippen LogP contribution in [0.5, 0.6) is 0 Å². The molecule has 0 aromatic rings. The molecule has 11 aliphatic heterocycles. The molecule has 0 aromatic heterocycles. The average Bonchev–Trinajstić information content (AvgIpc) is 3.45. The summed E-state index contributed by atoms with van der Waals surface area (Å²) in [6.07, 6.45) is 9.29. The Kier molecular flexibility index (Phi) is 11.7. The fraction of sp³-hybridized carbons (Fsp3) is 0.827. The Balaban J connectivity index is 0.781. The second kappa shape index (κ2) is 16.8. The molecule has 0 aromatic carbocycles. The minimum absolute atomic E-state index is 0.125. The zero-order chi connectivity index (χ0) is 47.0. The molecule has 0 aliphatic carbocycles. The molecule has 9 saturated heterocycles. The summed E-state index contributed by atoms with van der Waals surface area (Å²) in [5, 5.41) is 0. The number of ether oxygens (including phenoxy) is 12. The Bertz CT molecular complexity index is 2060. The molecule has 15 nitrogen and oxygen atoms in total. The van der Waals surface area contributed by atoms with Gasteiger partial charge in [-0.3, -0.25) is 9.59 Å². The van der Waals surface area contributed by atoms with Gasteiger partial charge in [0.1, 0.15) is 36.3 Å². The molecule has 0 amide bonds. The third-order valence-corrected chi connectivity index (χ3v) is 18.0. The third kappa shape index (κ3) is 8.14. The lowest BCUT2D eigenvalue weighted by atomic mass is 9.72. The quantitative estimate of drug-likeness (QED) is 0.139. The van der Waals surface area contributed by atoms with E-state index in [1.54, 1.807) is 6.08 Å². The van der Waals surface area contributed by atoms with Crippen molar-refractivity contribution in [2.45, 2.75) is 264 Å². The van der Waals surface area contributed by atoms with Crippen LogP contribution < -0.4 is 0 Å². The van der Waals surface area contributed by atoms with E-state index in [1.807, 2.05) is 13.8 Å². The highest BCUT2D eigenvalue weighted by molar-refractivity contribution is 5.84. The number of hydrogen-bond donors (Lipinski definition) is 0. The van der Waals surface area contributed by atoms with Crippen molar-refractivity contribution >= 4 is 18.2 Å². The van der Waals surface area contributed by atoms with E-state index in [0.717, 1.165) is 31.1 Å². The predicted octanol–water partition coefficient (Wildman–Crippen LogP) is 6.04. The smallest absolute Gasteiger partial charge is 0.331 e. The van der Waals surface area contributed by atoms with E-state index in [2.05, 4.69) is 53.3 Å². The molecular weight excluding hydrogens is 865 g/mol. The number of hydrogen-bond acceptors (Lipinski definition) is 15. The first-order chi connectivity index (χ1) is 31.7. The summed E-state index contributed by atoms with van der Waals surface area (Å²) in [4.78, 5) is 36.1. The number of esters is 2. The fourth-order valence-electron chi connectivity index (χ4n) is 14.3. The Morgan fingerprint density at radius 3 is 2.30 bits per heavy atom. The lowest BCUT2D eigenvalue weighted by molar-refractivity contribution is -0.356. The Morgan fingerprint density at radius 1 is 0.746 bits per heavy atom. The van der Waals surface area contributed by atoms with Crippen molar-refractivity contribution in [3.05, 3.63) is 36.0 Å². The van der Waals surface area contributed by atoms with Gasteiger partial charge in [0.2, 0.25) is 0 Å². The molecule has 23 atom stereocenters. The zero-order valence-corrected chi connectivity index (χ0v) is 40.5. The molecule has 0 saturated carbocycles. The zero-order valence-electron chi connectivity index (χ0n) is 40.5. The van der Waals surface area contributed by atoms with Gasteiger partial charge in [-0.15, -0.1) is 0 Å². The van der Waals surface area contributed by atoms with Gasteiger partial charge in [0.05, 0.1) is 102 Å². The molecule has 0 unspecified atom stereocenters. The van der Waals surface area contributed by atoms with Crippen molar-refractivity contribution in [3.63, 3.8) is 0 Å². The van der Waals surface area contributed by atoms with Crippen LogP contribution in [0.1, 0.15) is 132 Å². The van der Waals surface area contributed by atoms with Gasteiger partial charge >= 0.3 is 11.9 Å². The number of aldehydes is 1. The van der Waals surface area contributed by atoms with E-state index >= 15 is 0 Å². The van der Waals surface area contributed by atoms with E-state index in [0.29, 0.717) is 63.4 Å². The number of fused-ring (bicyclic) bond motifs is 10. The van der Waals surface area contributed by atoms with Gasteiger partial charge in [-0.25, -0.2) is 4.79 Å². The van der Waals surface area contributed by atoms with Crippen LogP contribution in [0, 0.1) is 5.92 Å². The van der Waals surface area contributed by atoms with Crippen LogP contribution >= 0.6 is 0 Å². The molecule has 0 spiro atoms. The van der Waals surface area contributed by atoms with Gasteiger partial charge in [0.25, 0.3) is 0 Å². The van der Waals surface area contributed by atoms with Crippen LogP contribution in [0.3, 0.4) is 0 Å². The Labute approximate surface area is 394 Å². The maximum Gasteiger partial charge on any atom is 0.331 e. The average molecular weight is 937 g/mol. The Morgan fingerprint density at radius 2 is 1.51 bits per heavy atom. The highest BCUT2D eigenvalue weighted by Gasteiger charge is 2.64. The lowest BCUT2D eigenvalue weighted by Crippen LogP contribution is -2.70. The maximum absolute atomic E-state index is 12.4. The van der Waals surface area contributed by atoms with E-state index in [1.165, 1.54) is 6.92 Å². The normalized spacial score (nSPS) is 54.8. The second-order valence-corrected chi connectivity index (χ2v) is 23.3. The molecule has 0 radical (unpaired) electrons. The van der Waals surface area contributed by atoms with E-state index in [4.69, 9.17) is 56.8 Å². The summed E-state index contributed by atoms with van der Waals surface area (Å²) in [7, 11) is 0. The largest absolute Gasteiger partial charge is 0.459 e. The summed E-state index contributed by atoms with van der Waals surface area (Å²) in [5.41, 5.74) is -2.06. The topological polar surface area (TPSA) is 162 Å². The van der Waals surface area contributed by atoms with Crippen molar-refractivity contribution in [2.24, 2.45) is 5.92 Å². The SMILES string of the molecule is C=C(C=O)C[C@@H]1C[C@H](OC(C)=O)[C@]2(C)O[C@@H]3C[C@@H]4O[C@@H]5C[C@]6(C)O[C@]7(C)CC[C@@H]8O[C@@H]9C[C@]%10(C)O[C@@H]%11C(C)=CC(=O)O[C@H]%11C[C@H]%10O[C@H]9C[C@@H](C)[C@H]8O[C@H]7C[C@H]6O[C@@]5(C)C/C=C\[C@H]4O[C@H]3C[C@H]2O1. The van der Waals surface area contributed by atoms with Crippen molar-refractivity contribution in [1.82, 2.24) is 0 Å². The van der Waals surface area contributed by atoms with E-state index in [-0.39, 0.29) is 103 Å². The molecule has 370 valence electrons. The summed E-state index contributed by atoms with van der Waals surface area (Å²) in [5.74, 6) is -0.550. The highest BCUT2D eigenvalue weighted by Crippen LogP contribution is 2.55. The summed E-state index contributed by atoms with van der Waals surface area (Å²) < 4.78 is 82.0. The van der Waals surface area contributed by atoms with Crippen LogP contribution in [0.25, 0.3) is 0 Å². The molecular formula is C52H72O15. The molecule has 0 bridgehead atoms. The van der Waals surface area contributed by atoms with Gasteiger partial charge < -0.3 is 56.8 Å². The van der Waals surface area contributed by atoms with Crippen LogP contribution in [0.4, 0.5) is 0 Å². The third-order valence-electron chi connectivity index (χ3n) is 18.0. The summed E-state index contributed by atoms with van der Waals surface area (Å²) in [6.45, 7) is 20.1. The molecule has 11 aliphatic rings. The first kappa shape index (κ1) is 46.8. The molecule has 9 fully saturated rings. The molecule has 0 N–H and O–H groups in total. The van der Waals surface area contributed by atoms with E-state index in [9.17, 15) is 14.4 Å². The maximum atomic E-state index is 12.4. The van der Waals surface area contributed by atoms with Gasteiger partial charge in [-0.1, -0.05) is 25.7 Å². The summed E-state index contributed by atoms with van der Waals surface area (Å²) in [6, 6.07) is 0. The number of carbonyl (C=O) groups is 3. The van der Waals surface area contributed by atoms with Crippen LogP contribution in [0.2, 0.25) is 0 Å². The van der Waals surface area contributed by atoms with Crippen LogP contribution in [-0.2, 0) is 71.2 Å². The van der Waals surface area contributed by atoms with Crippen LogP contribution in [-0.4, -0.2) is 150 Å². The second-order valence-electron chi connectivity index (χ2n) is 23.3. The Hall–Kier alpha value is -2.57. The van der Waals surface area contributed by atoms with Crippen molar-refractivity contribution in [1.29, 1.82) is 0 Å². The molecule has 15 heteroatoms. The lowest BCUT2D eigenvalue weighted by Gasteiger charge is -2.61. The van der Waals surface area contributed by atoms with Gasteiger partial charge in [0, 0.05) is 64.4 Å². The molecule has 11 rings (SSSR count).